The van der Waals surface area contributed by atoms with E-state index in [0.717, 1.165) is 11.4 Å². The number of rotatable bonds is 0. The molecule has 0 saturated carbocycles. The quantitative estimate of drug-likeness (QED) is 0.539. The molecule has 0 saturated heterocycles. The average molecular weight is 245 g/mol. The fourth-order valence-corrected chi connectivity index (χ4v) is 0.496. The normalized spacial score (nSPS) is 6.55. The molecular formula is C6H10Cl2CuN2. The molecule has 1 aromatic rings. The molecule has 4 N–H and O–H groups in total. The molecule has 0 heterocycles. The van der Waals surface area contributed by atoms with Crippen LogP contribution < -0.4 is 11.5 Å². The van der Waals surface area contributed by atoms with Crippen molar-refractivity contribution < 1.29 is 17.1 Å². The van der Waals surface area contributed by atoms with Gasteiger partial charge in [-0.3, -0.25) is 0 Å². The molecule has 0 atom stereocenters. The summed E-state index contributed by atoms with van der Waals surface area (Å²) < 4.78 is 0. The minimum absolute atomic E-state index is 0. The van der Waals surface area contributed by atoms with Crippen LogP contribution in [0.15, 0.2) is 24.3 Å². The maximum Gasteiger partial charge on any atom is 0.0315 e. The molecule has 1 radical (unpaired) electrons. The van der Waals surface area contributed by atoms with Crippen LogP contribution in [0.4, 0.5) is 11.4 Å². The van der Waals surface area contributed by atoms with Gasteiger partial charge in [-0.1, -0.05) is 0 Å². The van der Waals surface area contributed by atoms with Crippen LogP contribution in [0.2, 0.25) is 0 Å². The zero-order chi connectivity index (χ0) is 5.98. The first-order chi connectivity index (χ1) is 3.79. The Labute approximate surface area is 89.0 Å². The molecule has 0 aliphatic rings. The van der Waals surface area contributed by atoms with Crippen LogP contribution in [0.5, 0.6) is 0 Å². The number of hydrogen-bond acceptors (Lipinski definition) is 2. The molecule has 5 heteroatoms. The summed E-state index contributed by atoms with van der Waals surface area (Å²) in [5.74, 6) is 0. The molecular weight excluding hydrogens is 235 g/mol. The summed E-state index contributed by atoms with van der Waals surface area (Å²) in [7, 11) is 0. The standard InChI is InChI=1S/C6H8N2.2ClH.Cu/c7-5-1-2-6(8)4-3-5;;;/h1-4H,7-8H2;2*1H;. The van der Waals surface area contributed by atoms with Gasteiger partial charge < -0.3 is 11.5 Å². The monoisotopic (exact) mass is 243 g/mol. The first kappa shape index (κ1) is 17.1. The van der Waals surface area contributed by atoms with Crippen molar-refractivity contribution in [1.82, 2.24) is 0 Å². The van der Waals surface area contributed by atoms with E-state index in [-0.39, 0.29) is 41.9 Å². The number of nitrogens with two attached hydrogens (primary N) is 2. The van der Waals surface area contributed by atoms with E-state index in [1.807, 2.05) is 0 Å². The summed E-state index contributed by atoms with van der Waals surface area (Å²) in [6.07, 6.45) is 0. The fourth-order valence-electron chi connectivity index (χ4n) is 0.496. The van der Waals surface area contributed by atoms with E-state index >= 15 is 0 Å². The van der Waals surface area contributed by atoms with Crippen molar-refractivity contribution in [1.29, 1.82) is 0 Å². The molecule has 1 rings (SSSR count). The maximum atomic E-state index is 5.37. The topological polar surface area (TPSA) is 52.0 Å². The maximum absolute atomic E-state index is 5.37. The van der Waals surface area contributed by atoms with E-state index in [1.54, 1.807) is 24.3 Å². The zero-order valence-electron chi connectivity index (χ0n) is 5.58. The largest absolute Gasteiger partial charge is 0.399 e. The van der Waals surface area contributed by atoms with Crippen molar-refractivity contribution in [3.63, 3.8) is 0 Å². The van der Waals surface area contributed by atoms with Gasteiger partial charge in [-0.25, -0.2) is 0 Å². The smallest absolute Gasteiger partial charge is 0.0315 e. The van der Waals surface area contributed by atoms with Crippen LogP contribution in [0, 0.1) is 0 Å². The molecule has 0 aliphatic carbocycles. The number of anilines is 2. The van der Waals surface area contributed by atoms with E-state index in [4.69, 9.17) is 11.5 Å². The van der Waals surface area contributed by atoms with E-state index in [0.29, 0.717) is 0 Å². The van der Waals surface area contributed by atoms with Gasteiger partial charge in [-0.15, -0.1) is 24.8 Å². The predicted molar refractivity (Wildman–Crippen MR) is 49.8 cm³/mol. The number of nitrogen functional groups attached to an aromatic ring is 2. The minimum atomic E-state index is 0. The Kier molecular flexibility index (Phi) is 12.5. The van der Waals surface area contributed by atoms with Gasteiger partial charge in [0.05, 0.1) is 0 Å². The van der Waals surface area contributed by atoms with Crippen molar-refractivity contribution in [3.05, 3.63) is 24.3 Å². The third kappa shape index (κ3) is 6.32. The van der Waals surface area contributed by atoms with Crippen LogP contribution in [0.25, 0.3) is 0 Å². The first-order valence-electron chi connectivity index (χ1n) is 2.40. The SMILES string of the molecule is Cl.Cl.Nc1ccc(N)cc1.[Cu]. The summed E-state index contributed by atoms with van der Waals surface area (Å²) in [6, 6.07) is 7.09. The second-order valence-electron chi connectivity index (χ2n) is 1.67. The summed E-state index contributed by atoms with van der Waals surface area (Å²) in [5, 5.41) is 0. The van der Waals surface area contributed by atoms with Gasteiger partial charge in [-0.2, -0.15) is 0 Å². The van der Waals surface area contributed by atoms with Crippen LogP contribution in [-0.2, 0) is 17.1 Å². The molecule has 0 spiro atoms. The van der Waals surface area contributed by atoms with E-state index in [1.165, 1.54) is 0 Å². The van der Waals surface area contributed by atoms with E-state index in [9.17, 15) is 0 Å². The molecule has 69 valence electrons. The third-order valence-electron chi connectivity index (χ3n) is 0.936. The van der Waals surface area contributed by atoms with Gasteiger partial charge in [0.1, 0.15) is 0 Å². The molecule has 0 fully saturated rings. The second kappa shape index (κ2) is 8.02. The Morgan fingerprint density at radius 2 is 0.909 bits per heavy atom. The van der Waals surface area contributed by atoms with E-state index < -0.39 is 0 Å². The van der Waals surface area contributed by atoms with Crippen LogP contribution >= 0.6 is 24.8 Å². The zero-order valence-corrected chi connectivity index (χ0v) is 8.16. The average Bonchev–Trinajstić information content (AvgIpc) is 1.77. The van der Waals surface area contributed by atoms with Gasteiger partial charge in [0.15, 0.2) is 0 Å². The van der Waals surface area contributed by atoms with Gasteiger partial charge in [-0.05, 0) is 24.3 Å². The fraction of sp³-hybridized carbons (Fsp3) is 0. The molecule has 0 aliphatic heterocycles. The molecule has 0 amide bonds. The summed E-state index contributed by atoms with van der Waals surface area (Å²) in [5.41, 5.74) is 12.2. The van der Waals surface area contributed by atoms with Gasteiger partial charge >= 0.3 is 0 Å². The first-order valence-corrected chi connectivity index (χ1v) is 2.40. The Morgan fingerprint density at radius 3 is 1.09 bits per heavy atom. The minimum Gasteiger partial charge on any atom is -0.399 e. The molecule has 11 heavy (non-hydrogen) atoms. The summed E-state index contributed by atoms with van der Waals surface area (Å²) in [6.45, 7) is 0. The van der Waals surface area contributed by atoms with Gasteiger partial charge in [0, 0.05) is 28.4 Å². The van der Waals surface area contributed by atoms with Crippen molar-refractivity contribution in [3.8, 4) is 0 Å². The number of halogens is 2. The third-order valence-corrected chi connectivity index (χ3v) is 0.936. The van der Waals surface area contributed by atoms with Crippen molar-refractivity contribution in [2.45, 2.75) is 0 Å². The van der Waals surface area contributed by atoms with Crippen LogP contribution in [-0.4, -0.2) is 0 Å². The Hall–Kier alpha value is -0.0805. The molecule has 0 aromatic heterocycles. The Morgan fingerprint density at radius 1 is 0.727 bits per heavy atom. The molecule has 0 unspecified atom stereocenters. The van der Waals surface area contributed by atoms with Gasteiger partial charge in [0.25, 0.3) is 0 Å². The van der Waals surface area contributed by atoms with Crippen molar-refractivity contribution >= 4 is 36.2 Å². The summed E-state index contributed by atoms with van der Waals surface area (Å²) >= 11 is 0. The second-order valence-corrected chi connectivity index (χ2v) is 1.67. The predicted octanol–water partition coefficient (Wildman–Crippen LogP) is 1.69. The van der Waals surface area contributed by atoms with Crippen molar-refractivity contribution in [2.75, 3.05) is 11.5 Å². The Bertz CT molecular complexity index is 157. The van der Waals surface area contributed by atoms with Gasteiger partial charge in [0.2, 0.25) is 0 Å². The summed E-state index contributed by atoms with van der Waals surface area (Å²) in [4.78, 5) is 0. The van der Waals surface area contributed by atoms with Crippen LogP contribution in [0.3, 0.4) is 0 Å². The van der Waals surface area contributed by atoms with Crippen LogP contribution in [0.1, 0.15) is 0 Å². The number of benzene rings is 1. The molecule has 0 bridgehead atoms. The van der Waals surface area contributed by atoms with E-state index in [2.05, 4.69) is 0 Å². The Balaban J connectivity index is -0.000000213. The number of hydrogen-bond donors (Lipinski definition) is 2. The molecule has 1 aromatic carbocycles. The molecule has 2 nitrogen and oxygen atoms in total. The van der Waals surface area contributed by atoms with Crippen molar-refractivity contribution in [2.24, 2.45) is 0 Å².